The van der Waals surface area contributed by atoms with Gasteiger partial charge in [-0.15, -0.1) is 0 Å². The summed E-state index contributed by atoms with van der Waals surface area (Å²) in [5.74, 6) is -0.582. The maximum absolute atomic E-state index is 11.1. The van der Waals surface area contributed by atoms with Crippen LogP contribution in [0.1, 0.15) is 10.4 Å². The van der Waals surface area contributed by atoms with Gasteiger partial charge < -0.3 is 16.0 Å². The Bertz CT molecular complexity index is 483. The Morgan fingerprint density at radius 1 is 1.39 bits per heavy atom. The zero-order valence-electron chi connectivity index (χ0n) is 9.76. The Morgan fingerprint density at radius 3 is 2.61 bits per heavy atom. The molecule has 2 rings (SSSR count). The molecule has 0 atom stereocenters. The van der Waals surface area contributed by atoms with Gasteiger partial charge in [0.1, 0.15) is 5.69 Å². The van der Waals surface area contributed by atoms with Crippen molar-refractivity contribution in [2.75, 3.05) is 31.1 Å². The van der Waals surface area contributed by atoms with Crippen molar-refractivity contribution in [3.05, 3.63) is 33.9 Å². The van der Waals surface area contributed by atoms with Crippen LogP contribution in [0.5, 0.6) is 0 Å². The third kappa shape index (κ3) is 2.40. The monoisotopic (exact) mass is 250 g/mol. The summed E-state index contributed by atoms with van der Waals surface area (Å²) >= 11 is 0. The largest absolute Gasteiger partial charge is 0.366 e. The molecular weight excluding hydrogens is 236 g/mol. The molecule has 18 heavy (non-hydrogen) atoms. The number of nitro groups is 1. The highest BCUT2D eigenvalue weighted by molar-refractivity contribution is 5.94. The lowest BCUT2D eigenvalue weighted by Gasteiger charge is -2.29. The quantitative estimate of drug-likeness (QED) is 0.585. The van der Waals surface area contributed by atoms with Crippen LogP contribution in [0.2, 0.25) is 0 Å². The first-order chi connectivity index (χ1) is 8.59. The van der Waals surface area contributed by atoms with Crippen molar-refractivity contribution in [3.63, 3.8) is 0 Å². The van der Waals surface area contributed by atoms with Gasteiger partial charge in [-0.1, -0.05) is 0 Å². The van der Waals surface area contributed by atoms with Crippen LogP contribution in [0.3, 0.4) is 0 Å². The minimum Gasteiger partial charge on any atom is -0.366 e. The number of hydrogen-bond donors (Lipinski definition) is 2. The molecule has 1 amide bonds. The number of anilines is 1. The first-order valence-electron chi connectivity index (χ1n) is 5.63. The third-order valence-corrected chi connectivity index (χ3v) is 2.91. The maximum Gasteiger partial charge on any atom is 0.292 e. The van der Waals surface area contributed by atoms with Crippen molar-refractivity contribution in [2.45, 2.75) is 0 Å². The normalized spacial score (nSPS) is 15.4. The summed E-state index contributed by atoms with van der Waals surface area (Å²) in [6.45, 7) is 2.86. The minimum atomic E-state index is -0.582. The Morgan fingerprint density at radius 2 is 2.06 bits per heavy atom. The predicted octanol–water partition coefficient (Wildman–Crippen LogP) is 0.103. The summed E-state index contributed by atoms with van der Waals surface area (Å²) < 4.78 is 0. The second-order valence-electron chi connectivity index (χ2n) is 4.06. The fourth-order valence-electron chi connectivity index (χ4n) is 1.99. The molecule has 7 heteroatoms. The van der Waals surface area contributed by atoms with Crippen molar-refractivity contribution < 1.29 is 9.72 Å². The van der Waals surface area contributed by atoms with Gasteiger partial charge >= 0.3 is 0 Å². The van der Waals surface area contributed by atoms with Crippen molar-refractivity contribution in [2.24, 2.45) is 5.73 Å². The molecule has 1 aromatic rings. The van der Waals surface area contributed by atoms with Crippen LogP contribution in [-0.4, -0.2) is 37.0 Å². The molecule has 0 aliphatic carbocycles. The molecular formula is C11H14N4O3. The van der Waals surface area contributed by atoms with Gasteiger partial charge in [0.05, 0.1) is 4.92 Å². The molecule has 7 nitrogen and oxygen atoms in total. The van der Waals surface area contributed by atoms with Crippen molar-refractivity contribution >= 4 is 17.3 Å². The first kappa shape index (κ1) is 12.3. The topological polar surface area (TPSA) is 102 Å². The zero-order valence-corrected chi connectivity index (χ0v) is 9.76. The van der Waals surface area contributed by atoms with E-state index < -0.39 is 10.8 Å². The molecule has 0 radical (unpaired) electrons. The van der Waals surface area contributed by atoms with Crippen LogP contribution in [0.25, 0.3) is 0 Å². The van der Waals surface area contributed by atoms with E-state index in [1.807, 2.05) is 4.90 Å². The molecule has 0 saturated carbocycles. The lowest BCUT2D eigenvalue weighted by Crippen LogP contribution is -2.43. The smallest absolute Gasteiger partial charge is 0.292 e. The Labute approximate surface area is 104 Å². The van der Waals surface area contributed by atoms with Crippen LogP contribution < -0.4 is 16.0 Å². The summed E-state index contributed by atoms with van der Waals surface area (Å²) in [5.41, 5.74) is 5.94. The lowest BCUT2D eigenvalue weighted by atomic mass is 10.1. The van der Waals surface area contributed by atoms with E-state index in [0.29, 0.717) is 18.8 Å². The van der Waals surface area contributed by atoms with E-state index in [-0.39, 0.29) is 11.3 Å². The molecule has 0 aromatic heterocycles. The van der Waals surface area contributed by atoms with Crippen LogP contribution >= 0.6 is 0 Å². The second-order valence-corrected chi connectivity index (χ2v) is 4.06. The van der Waals surface area contributed by atoms with Gasteiger partial charge in [0, 0.05) is 37.8 Å². The number of nitrogens with two attached hydrogens (primary N) is 1. The van der Waals surface area contributed by atoms with Crippen LogP contribution in [-0.2, 0) is 0 Å². The highest BCUT2D eigenvalue weighted by Crippen LogP contribution is 2.29. The van der Waals surface area contributed by atoms with Gasteiger partial charge in [0.25, 0.3) is 5.69 Å². The van der Waals surface area contributed by atoms with E-state index in [2.05, 4.69) is 5.32 Å². The molecule has 96 valence electrons. The zero-order chi connectivity index (χ0) is 13.1. The van der Waals surface area contributed by atoms with Gasteiger partial charge in [0.2, 0.25) is 5.91 Å². The highest BCUT2D eigenvalue weighted by atomic mass is 16.6. The first-order valence-corrected chi connectivity index (χ1v) is 5.63. The summed E-state index contributed by atoms with van der Waals surface area (Å²) in [4.78, 5) is 23.6. The Kier molecular flexibility index (Phi) is 3.42. The summed E-state index contributed by atoms with van der Waals surface area (Å²) in [7, 11) is 0. The Hall–Kier alpha value is -2.15. The van der Waals surface area contributed by atoms with E-state index in [4.69, 9.17) is 5.73 Å². The number of amides is 1. The van der Waals surface area contributed by atoms with E-state index in [9.17, 15) is 14.9 Å². The molecule has 3 N–H and O–H groups in total. The molecule has 1 aliphatic heterocycles. The average Bonchev–Trinajstić information content (AvgIpc) is 2.39. The molecule has 1 aliphatic rings. The van der Waals surface area contributed by atoms with Crippen LogP contribution in [0, 0.1) is 10.1 Å². The van der Waals surface area contributed by atoms with E-state index in [0.717, 1.165) is 13.1 Å². The minimum absolute atomic E-state index is 0.00176. The molecule has 0 bridgehead atoms. The summed E-state index contributed by atoms with van der Waals surface area (Å²) in [6, 6.07) is 4.20. The number of rotatable bonds is 3. The van der Waals surface area contributed by atoms with Gasteiger partial charge in [-0.25, -0.2) is 0 Å². The molecule has 1 fully saturated rings. The molecule has 0 unspecified atom stereocenters. The number of carbonyl (C=O) groups is 1. The fourth-order valence-corrected chi connectivity index (χ4v) is 1.99. The number of hydrogen-bond acceptors (Lipinski definition) is 5. The van der Waals surface area contributed by atoms with Crippen molar-refractivity contribution in [3.8, 4) is 0 Å². The summed E-state index contributed by atoms with van der Waals surface area (Å²) in [6.07, 6.45) is 0. The standard InChI is InChI=1S/C11H14N4O3/c12-11(16)8-1-2-9(15(17)18)10(7-8)14-5-3-13-4-6-14/h1-2,7,13H,3-6H2,(H2,12,16). The number of nitrogens with one attached hydrogen (secondary N) is 1. The summed E-state index contributed by atoms with van der Waals surface area (Å²) in [5, 5.41) is 14.2. The number of nitro benzene ring substituents is 1. The highest BCUT2D eigenvalue weighted by Gasteiger charge is 2.22. The van der Waals surface area contributed by atoms with E-state index in [1.165, 1.54) is 18.2 Å². The fraction of sp³-hybridized carbons (Fsp3) is 0.364. The molecule has 1 heterocycles. The number of nitrogens with zero attached hydrogens (tertiary/aromatic N) is 2. The van der Waals surface area contributed by atoms with Gasteiger partial charge in [-0.2, -0.15) is 0 Å². The molecule has 1 aromatic carbocycles. The van der Waals surface area contributed by atoms with Gasteiger partial charge in [-0.05, 0) is 12.1 Å². The SMILES string of the molecule is NC(=O)c1ccc([N+](=O)[O-])c(N2CCNCC2)c1. The lowest BCUT2D eigenvalue weighted by molar-refractivity contribution is -0.384. The number of primary amides is 1. The van der Waals surface area contributed by atoms with Crippen LogP contribution in [0.4, 0.5) is 11.4 Å². The average molecular weight is 250 g/mol. The van der Waals surface area contributed by atoms with Crippen molar-refractivity contribution in [1.29, 1.82) is 0 Å². The van der Waals surface area contributed by atoms with E-state index in [1.54, 1.807) is 0 Å². The Balaban J connectivity index is 2.42. The molecule has 0 spiro atoms. The third-order valence-electron chi connectivity index (χ3n) is 2.91. The van der Waals surface area contributed by atoms with Gasteiger partial charge in [-0.3, -0.25) is 14.9 Å². The number of benzene rings is 1. The predicted molar refractivity (Wildman–Crippen MR) is 66.7 cm³/mol. The molecule has 1 saturated heterocycles. The van der Waals surface area contributed by atoms with Gasteiger partial charge in [0.15, 0.2) is 0 Å². The maximum atomic E-state index is 11.1. The van der Waals surface area contributed by atoms with E-state index >= 15 is 0 Å². The number of carbonyl (C=O) groups excluding carboxylic acids is 1. The van der Waals surface area contributed by atoms with Crippen molar-refractivity contribution in [1.82, 2.24) is 5.32 Å². The number of piperazine rings is 1. The second kappa shape index (κ2) is 5.01. The van der Waals surface area contributed by atoms with Crippen LogP contribution in [0.15, 0.2) is 18.2 Å².